The lowest BCUT2D eigenvalue weighted by Gasteiger charge is -2.42. The van der Waals surface area contributed by atoms with Crippen LogP contribution >= 0.6 is 0 Å². The maximum absolute atomic E-state index is 5.67. The first-order valence-corrected chi connectivity index (χ1v) is 6.99. The van der Waals surface area contributed by atoms with Gasteiger partial charge in [-0.15, -0.1) is 0 Å². The van der Waals surface area contributed by atoms with Crippen LogP contribution in [0, 0.1) is 5.92 Å². The summed E-state index contributed by atoms with van der Waals surface area (Å²) in [5, 5.41) is 10.5. The Morgan fingerprint density at radius 2 is 2.11 bits per heavy atom. The lowest BCUT2D eigenvalue weighted by Crippen LogP contribution is -2.54. The van der Waals surface area contributed by atoms with Gasteiger partial charge in [0.25, 0.3) is 0 Å². The number of nitrogens with two attached hydrogens (primary N) is 1. The highest BCUT2D eigenvalue weighted by Crippen LogP contribution is 2.29. The van der Waals surface area contributed by atoms with Gasteiger partial charge in [0.2, 0.25) is 0 Å². The van der Waals surface area contributed by atoms with Crippen LogP contribution in [0.1, 0.15) is 31.4 Å². The number of likely N-dealkylation sites (tertiary alicyclic amines) is 1. The molecule has 5 nitrogen and oxygen atoms in total. The zero-order valence-electron chi connectivity index (χ0n) is 11.0. The van der Waals surface area contributed by atoms with Crippen molar-refractivity contribution < 1.29 is 0 Å². The minimum absolute atomic E-state index is 0.609. The molecule has 1 unspecified atom stereocenters. The second-order valence-corrected chi connectivity index (χ2v) is 5.72. The SMILES string of the molecule is CC(C1CNC1)N1CCC(c2cc(N)n[nH]2)CC1. The quantitative estimate of drug-likeness (QED) is 0.740. The number of hydrogen-bond donors (Lipinski definition) is 3. The molecular formula is C13H23N5. The first-order chi connectivity index (χ1) is 8.74. The molecule has 2 saturated heterocycles. The van der Waals surface area contributed by atoms with Crippen molar-refractivity contribution in [3.05, 3.63) is 11.8 Å². The Labute approximate surface area is 108 Å². The Balaban J connectivity index is 1.54. The fraction of sp³-hybridized carbons (Fsp3) is 0.769. The number of aromatic amines is 1. The van der Waals surface area contributed by atoms with Crippen LogP contribution in [0.3, 0.4) is 0 Å². The molecule has 4 N–H and O–H groups in total. The number of piperidine rings is 1. The largest absolute Gasteiger partial charge is 0.382 e. The fourth-order valence-corrected chi connectivity index (χ4v) is 3.13. The predicted octanol–water partition coefficient (Wildman–Crippen LogP) is 0.779. The summed E-state index contributed by atoms with van der Waals surface area (Å²) in [6.45, 7) is 7.15. The molecule has 0 radical (unpaired) electrons. The molecule has 2 fully saturated rings. The minimum Gasteiger partial charge on any atom is -0.382 e. The van der Waals surface area contributed by atoms with Gasteiger partial charge in [-0.3, -0.25) is 5.10 Å². The number of aromatic nitrogens is 2. The molecule has 1 aromatic heterocycles. The molecule has 0 bridgehead atoms. The maximum atomic E-state index is 5.67. The van der Waals surface area contributed by atoms with Crippen molar-refractivity contribution in [2.45, 2.75) is 31.7 Å². The van der Waals surface area contributed by atoms with Crippen molar-refractivity contribution in [1.29, 1.82) is 0 Å². The molecule has 0 aliphatic carbocycles. The molecule has 3 heterocycles. The zero-order chi connectivity index (χ0) is 12.5. The van der Waals surface area contributed by atoms with Gasteiger partial charge in [0.05, 0.1) is 0 Å². The van der Waals surface area contributed by atoms with E-state index in [1.54, 1.807) is 0 Å². The molecule has 1 aromatic rings. The van der Waals surface area contributed by atoms with Crippen molar-refractivity contribution in [3.63, 3.8) is 0 Å². The summed E-state index contributed by atoms with van der Waals surface area (Å²) >= 11 is 0. The number of nitrogens with one attached hydrogen (secondary N) is 2. The monoisotopic (exact) mass is 249 g/mol. The summed E-state index contributed by atoms with van der Waals surface area (Å²) < 4.78 is 0. The van der Waals surface area contributed by atoms with Crippen LogP contribution in [0.15, 0.2) is 6.07 Å². The second kappa shape index (κ2) is 4.90. The number of anilines is 1. The third kappa shape index (κ3) is 2.24. The molecule has 0 saturated carbocycles. The van der Waals surface area contributed by atoms with Gasteiger partial charge in [0.15, 0.2) is 0 Å². The summed E-state index contributed by atoms with van der Waals surface area (Å²) in [5.41, 5.74) is 6.88. The summed E-state index contributed by atoms with van der Waals surface area (Å²) in [6.07, 6.45) is 2.43. The average molecular weight is 249 g/mol. The van der Waals surface area contributed by atoms with Crippen LogP contribution in [-0.2, 0) is 0 Å². The normalized spacial score (nSPS) is 24.9. The Hall–Kier alpha value is -1.07. The first kappa shape index (κ1) is 12.0. The summed E-state index contributed by atoms with van der Waals surface area (Å²) in [7, 11) is 0. The van der Waals surface area contributed by atoms with Gasteiger partial charge in [0.1, 0.15) is 5.82 Å². The second-order valence-electron chi connectivity index (χ2n) is 5.72. The van der Waals surface area contributed by atoms with E-state index >= 15 is 0 Å². The van der Waals surface area contributed by atoms with Crippen LogP contribution in [0.25, 0.3) is 0 Å². The van der Waals surface area contributed by atoms with Gasteiger partial charge < -0.3 is 16.0 Å². The van der Waals surface area contributed by atoms with Gasteiger partial charge >= 0.3 is 0 Å². The molecule has 0 spiro atoms. The average Bonchev–Trinajstić information content (AvgIpc) is 2.74. The smallest absolute Gasteiger partial charge is 0.145 e. The number of rotatable bonds is 3. The van der Waals surface area contributed by atoms with Gasteiger partial charge in [-0.05, 0) is 38.8 Å². The predicted molar refractivity (Wildman–Crippen MR) is 72.4 cm³/mol. The van der Waals surface area contributed by atoms with Crippen molar-refractivity contribution in [2.75, 3.05) is 31.9 Å². The molecule has 18 heavy (non-hydrogen) atoms. The Morgan fingerprint density at radius 3 is 2.61 bits per heavy atom. The molecule has 3 rings (SSSR count). The van der Waals surface area contributed by atoms with Crippen LogP contribution in [0.5, 0.6) is 0 Å². The Kier molecular flexibility index (Phi) is 3.26. The summed E-state index contributed by atoms with van der Waals surface area (Å²) in [4.78, 5) is 2.64. The van der Waals surface area contributed by atoms with E-state index in [0.717, 1.165) is 12.0 Å². The van der Waals surface area contributed by atoms with Crippen molar-refractivity contribution in [2.24, 2.45) is 5.92 Å². The molecule has 2 aliphatic rings. The topological polar surface area (TPSA) is 70.0 Å². The summed E-state index contributed by atoms with van der Waals surface area (Å²) in [5.74, 6) is 2.07. The molecule has 1 atom stereocenters. The molecule has 2 aliphatic heterocycles. The molecule has 5 heteroatoms. The van der Waals surface area contributed by atoms with Crippen molar-refractivity contribution in [3.8, 4) is 0 Å². The van der Waals surface area contributed by atoms with E-state index in [9.17, 15) is 0 Å². The zero-order valence-corrected chi connectivity index (χ0v) is 11.0. The lowest BCUT2D eigenvalue weighted by atomic mass is 9.89. The Morgan fingerprint density at radius 1 is 1.39 bits per heavy atom. The summed E-state index contributed by atoms with van der Waals surface area (Å²) in [6, 6.07) is 2.71. The minimum atomic E-state index is 0.609. The number of nitrogen functional groups attached to an aromatic ring is 1. The third-order valence-electron chi connectivity index (χ3n) is 4.66. The maximum Gasteiger partial charge on any atom is 0.145 e. The van der Waals surface area contributed by atoms with E-state index in [0.29, 0.717) is 11.7 Å². The fourth-order valence-electron chi connectivity index (χ4n) is 3.13. The highest BCUT2D eigenvalue weighted by molar-refractivity contribution is 5.30. The third-order valence-corrected chi connectivity index (χ3v) is 4.66. The number of nitrogens with zero attached hydrogens (tertiary/aromatic N) is 2. The van der Waals surface area contributed by atoms with E-state index < -0.39 is 0 Å². The van der Waals surface area contributed by atoms with E-state index in [-0.39, 0.29) is 0 Å². The molecule has 0 aromatic carbocycles. The van der Waals surface area contributed by atoms with Crippen LogP contribution in [-0.4, -0.2) is 47.3 Å². The Bertz CT molecular complexity index is 390. The van der Waals surface area contributed by atoms with E-state index in [1.165, 1.54) is 44.7 Å². The number of hydrogen-bond acceptors (Lipinski definition) is 4. The highest BCUT2D eigenvalue weighted by Gasteiger charge is 2.31. The standard InChI is InChI=1S/C13H23N5/c1-9(11-7-15-8-11)18-4-2-10(3-5-18)12-6-13(14)17-16-12/h6,9-11,15H,2-5,7-8H2,1H3,(H3,14,16,17). The van der Waals surface area contributed by atoms with E-state index in [1.807, 2.05) is 6.07 Å². The van der Waals surface area contributed by atoms with Crippen LogP contribution in [0.4, 0.5) is 5.82 Å². The molecular weight excluding hydrogens is 226 g/mol. The van der Waals surface area contributed by atoms with Crippen molar-refractivity contribution in [1.82, 2.24) is 20.4 Å². The van der Waals surface area contributed by atoms with E-state index in [4.69, 9.17) is 5.73 Å². The molecule has 100 valence electrons. The lowest BCUT2D eigenvalue weighted by molar-refractivity contribution is 0.0952. The van der Waals surface area contributed by atoms with Crippen LogP contribution in [0.2, 0.25) is 0 Å². The van der Waals surface area contributed by atoms with Crippen molar-refractivity contribution >= 4 is 5.82 Å². The van der Waals surface area contributed by atoms with Gasteiger partial charge in [-0.2, -0.15) is 5.10 Å². The highest BCUT2D eigenvalue weighted by atomic mass is 15.2. The van der Waals surface area contributed by atoms with Gasteiger partial charge in [-0.25, -0.2) is 0 Å². The molecule has 0 amide bonds. The number of H-pyrrole nitrogens is 1. The van der Waals surface area contributed by atoms with Gasteiger partial charge in [-0.1, -0.05) is 0 Å². The van der Waals surface area contributed by atoms with Crippen LogP contribution < -0.4 is 11.1 Å². The van der Waals surface area contributed by atoms with Gasteiger partial charge in [0, 0.05) is 36.8 Å². The van der Waals surface area contributed by atoms with E-state index in [2.05, 4.69) is 27.3 Å². The first-order valence-electron chi connectivity index (χ1n) is 6.99.